The van der Waals surface area contributed by atoms with Crippen LogP contribution in [0.2, 0.25) is 0 Å². The molecule has 3 rings (SSSR count). The van der Waals surface area contributed by atoms with Crippen molar-refractivity contribution in [2.75, 3.05) is 5.73 Å². The van der Waals surface area contributed by atoms with Gasteiger partial charge in [-0.25, -0.2) is 0 Å². The highest BCUT2D eigenvalue weighted by Crippen LogP contribution is 2.34. The van der Waals surface area contributed by atoms with Crippen molar-refractivity contribution < 1.29 is 4.52 Å². The Morgan fingerprint density at radius 3 is 2.82 bits per heavy atom. The van der Waals surface area contributed by atoms with Gasteiger partial charge in [0.25, 0.3) is 5.89 Å². The molecule has 0 bridgehead atoms. The van der Waals surface area contributed by atoms with Crippen LogP contribution in [0.1, 0.15) is 43.8 Å². The molecule has 0 unspecified atom stereocenters. The quantitative estimate of drug-likeness (QED) is 0.885. The predicted molar refractivity (Wildman–Crippen MR) is 67.8 cm³/mol. The van der Waals surface area contributed by atoms with Crippen LogP contribution in [-0.2, 0) is 0 Å². The fraction of sp³-hybridized carbons (Fsp3) is 0.500. The van der Waals surface area contributed by atoms with Crippen LogP contribution >= 0.6 is 11.3 Å². The fourth-order valence-electron chi connectivity index (χ4n) is 2.37. The molecular formula is C12H15N3OS. The Bertz CT molecular complexity index is 499. The highest BCUT2D eigenvalue weighted by atomic mass is 32.1. The minimum absolute atomic E-state index is 0.473. The van der Waals surface area contributed by atoms with Crippen molar-refractivity contribution in [3.05, 3.63) is 17.3 Å². The van der Waals surface area contributed by atoms with Crippen molar-refractivity contribution in [3.8, 4) is 11.5 Å². The summed E-state index contributed by atoms with van der Waals surface area (Å²) in [6.45, 7) is 0. The standard InChI is InChI=1S/C12H15N3OS/c13-10-9(6-7-17-10)12-14-11(15-16-12)8-4-2-1-3-5-8/h6-8H,1-5,13H2. The SMILES string of the molecule is Nc1sccc1-c1nc(C2CCCCC2)no1. The average Bonchev–Trinajstić information content (AvgIpc) is 2.98. The zero-order valence-corrected chi connectivity index (χ0v) is 10.4. The highest BCUT2D eigenvalue weighted by molar-refractivity contribution is 7.14. The molecule has 90 valence electrons. The highest BCUT2D eigenvalue weighted by Gasteiger charge is 2.22. The monoisotopic (exact) mass is 249 g/mol. The van der Waals surface area contributed by atoms with Gasteiger partial charge < -0.3 is 10.3 Å². The Kier molecular flexibility index (Phi) is 2.84. The molecule has 5 heteroatoms. The Morgan fingerprint density at radius 2 is 2.12 bits per heavy atom. The van der Waals surface area contributed by atoms with Crippen LogP contribution in [0.15, 0.2) is 16.0 Å². The summed E-state index contributed by atoms with van der Waals surface area (Å²) in [6.07, 6.45) is 6.24. The largest absolute Gasteiger partial charge is 0.390 e. The molecule has 0 radical (unpaired) electrons. The first-order valence-electron chi connectivity index (χ1n) is 6.01. The Hall–Kier alpha value is -1.36. The van der Waals surface area contributed by atoms with E-state index in [1.807, 2.05) is 11.4 Å². The zero-order valence-electron chi connectivity index (χ0n) is 9.56. The van der Waals surface area contributed by atoms with Gasteiger partial charge in [-0.1, -0.05) is 24.4 Å². The molecule has 0 saturated heterocycles. The van der Waals surface area contributed by atoms with Crippen LogP contribution in [0.5, 0.6) is 0 Å². The Balaban J connectivity index is 1.85. The average molecular weight is 249 g/mol. The Labute approximate surface area is 104 Å². The summed E-state index contributed by atoms with van der Waals surface area (Å²) in [5, 5.41) is 6.78. The number of aromatic nitrogens is 2. The van der Waals surface area contributed by atoms with Gasteiger partial charge in [-0.3, -0.25) is 0 Å². The second kappa shape index (κ2) is 4.49. The van der Waals surface area contributed by atoms with E-state index in [1.54, 1.807) is 0 Å². The molecule has 2 N–H and O–H groups in total. The third-order valence-corrected chi connectivity index (χ3v) is 4.08. The summed E-state index contributed by atoms with van der Waals surface area (Å²) in [5.41, 5.74) is 6.72. The van der Waals surface area contributed by atoms with Gasteiger partial charge in [0, 0.05) is 5.92 Å². The van der Waals surface area contributed by atoms with E-state index in [1.165, 1.54) is 43.4 Å². The van der Waals surface area contributed by atoms with Crippen LogP contribution < -0.4 is 5.73 Å². The first-order valence-corrected chi connectivity index (χ1v) is 6.89. The third kappa shape index (κ3) is 2.07. The lowest BCUT2D eigenvalue weighted by Gasteiger charge is -2.17. The second-order valence-electron chi connectivity index (χ2n) is 4.49. The first-order chi connectivity index (χ1) is 8.34. The van der Waals surface area contributed by atoms with Gasteiger partial charge in [0.2, 0.25) is 0 Å². The number of nitrogen functional groups attached to an aromatic ring is 1. The third-order valence-electron chi connectivity index (χ3n) is 3.34. The molecule has 2 aromatic heterocycles. The van der Waals surface area contributed by atoms with Gasteiger partial charge >= 0.3 is 0 Å². The molecule has 17 heavy (non-hydrogen) atoms. The van der Waals surface area contributed by atoms with Crippen molar-refractivity contribution in [2.24, 2.45) is 0 Å². The second-order valence-corrected chi connectivity index (χ2v) is 5.44. The molecule has 0 spiro atoms. The maximum atomic E-state index is 5.85. The number of nitrogens with zero attached hydrogens (tertiary/aromatic N) is 2. The van der Waals surface area contributed by atoms with Crippen molar-refractivity contribution in [1.29, 1.82) is 0 Å². The summed E-state index contributed by atoms with van der Waals surface area (Å²) >= 11 is 1.49. The summed E-state index contributed by atoms with van der Waals surface area (Å²) in [7, 11) is 0. The lowest BCUT2D eigenvalue weighted by Crippen LogP contribution is -2.06. The van der Waals surface area contributed by atoms with Crippen LogP contribution in [0.25, 0.3) is 11.5 Å². The number of rotatable bonds is 2. The van der Waals surface area contributed by atoms with E-state index in [2.05, 4.69) is 10.1 Å². The van der Waals surface area contributed by atoms with Gasteiger partial charge in [-0.2, -0.15) is 4.98 Å². The molecule has 0 amide bonds. The summed E-state index contributed by atoms with van der Waals surface area (Å²) in [5.74, 6) is 1.88. The predicted octanol–water partition coefficient (Wildman–Crippen LogP) is 3.43. The summed E-state index contributed by atoms with van der Waals surface area (Å²) < 4.78 is 5.31. The lowest BCUT2D eigenvalue weighted by molar-refractivity contribution is 0.385. The number of nitrogens with two attached hydrogens (primary N) is 1. The van der Waals surface area contributed by atoms with Crippen LogP contribution in [0.3, 0.4) is 0 Å². The van der Waals surface area contributed by atoms with E-state index in [0.717, 1.165) is 16.4 Å². The molecule has 4 nitrogen and oxygen atoms in total. The van der Waals surface area contributed by atoms with E-state index in [0.29, 0.717) is 11.8 Å². The maximum absolute atomic E-state index is 5.85. The zero-order chi connectivity index (χ0) is 11.7. The molecule has 1 aliphatic rings. The van der Waals surface area contributed by atoms with Crippen molar-refractivity contribution >= 4 is 16.3 Å². The van der Waals surface area contributed by atoms with Gasteiger partial charge in [0.05, 0.1) is 10.6 Å². The van der Waals surface area contributed by atoms with Gasteiger partial charge in [-0.15, -0.1) is 11.3 Å². The van der Waals surface area contributed by atoms with Gasteiger partial charge in [0.1, 0.15) is 0 Å². The lowest BCUT2D eigenvalue weighted by atomic mass is 9.89. The van der Waals surface area contributed by atoms with Crippen LogP contribution in [0.4, 0.5) is 5.00 Å². The molecule has 1 saturated carbocycles. The molecular weight excluding hydrogens is 234 g/mol. The van der Waals surface area contributed by atoms with Crippen molar-refractivity contribution in [2.45, 2.75) is 38.0 Å². The van der Waals surface area contributed by atoms with E-state index >= 15 is 0 Å². The molecule has 2 aromatic rings. The van der Waals surface area contributed by atoms with Gasteiger partial charge in [-0.05, 0) is 24.3 Å². The van der Waals surface area contributed by atoms with E-state index in [9.17, 15) is 0 Å². The summed E-state index contributed by atoms with van der Waals surface area (Å²) in [6, 6.07) is 1.93. The normalized spacial score (nSPS) is 17.4. The maximum Gasteiger partial charge on any atom is 0.260 e. The minimum atomic E-state index is 0.473. The Morgan fingerprint density at radius 1 is 1.29 bits per heavy atom. The van der Waals surface area contributed by atoms with E-state index in [4.69, 9.17) is 10.3 Å². The topological polar surface area (TPSA) is 64.9 Å². The molecule has 0 atom stereocenters. The number of hydrogen-bond acceptors (Lipinski definition) is 5. The smallest absolute Gasteiger partial charge is 0.260 e. The van der Waals surface area contributed by atoms with E-state index < -0.39 is 0 Å². The summed E-state index contributed by atoms with van der Waals surface area (Å²) in [4.78, 5) is 4.49. The molecule has 1 fully saturated rings. The molecule has 0 aromatic carbocycles. The van der Waals surface area contributed by atoms with Crippen molar-refractivity contribution in [1.82, 2.24) is 10.1 Å². The van der Waals surface area contributed by atoms with Gasteiger partial charge in [0.15, 0.2) is 5.82 Å². The molecule has 1 aliphatic carbocycles. The number of hydrogen-bond donors (Lipinski definition) is 1. The van der Waals surface area contributed by atoms with Crippen LogP contribution in [-0.4, -0.2) is 10.1 Å². The van der Waals surface area contributed by atoms with Crippen LogP contribution in [0, 0.1) is 0 Å². The molecule has 0 aliphatic heterocycles. The molecule has 2 heterocycles. The minimum Gasteiger partial charge on any atom is -0.390 e. The number of thiophene rings is 1. The van der Waals surface area contributed by atoms with Crippen molar-refractivity contribution in [3.63, 3.8) is 0 Å². The fourth-order valence-corrected chi connectivity index (χ4v) is 3.00. The number of anilines is 1. The van der Waals surface area contributed by atoms with E-state index in [-0.39, 0.29) is 0 Å². The first kappa shape index (κ1) is 10.8.